The van der Waals surface area contributed by atoms with Crippen LogP contribution in [0.25, 0.3) is 16.7 Å². The molecule has 0 unspecified atom stereocenters. The predicted octanol–water partition coefficient (Wildman–Crippen LogP) is 2.75. The highest BCUT2D eigenvalue weighted by Gasteiger charge is 2.42. The molecule has 2 aromatic heterocycles. The molecule has 2 N–H and O–H groups in total. The van der Waals surface area contributed by atoms with Gasteiger partial charge in [0.05, 0.1) is 5.69 Å². The van der Waals surface area contributed by atoms with Crippen LogP contribution < -0.4 is 5.32 Å². The minimum atomic E-state index is -4.04. The Labute approximate surface area is 165 Å². The maximum absolute atomic E-state index is 13.2. The van der Waals surface area contributed by atoms with Crippen LogP contribution >= 0.6 is 11.3 Å². The molecule has 0 radical (unpaired) electrons. The first-order valence-corrected chi connectivity index (χ1v) is 10.7. The second kappa shape index (κ2) is 6.08. The zero-order valence-electron chi connectivity index (χ0n) is 15.6. The molecule has 4 rings (SSSR count). The number of nitrogens with one attached hydrogen (secondary N) is 1. The molecule has 3 aromatic rings. The molecule has 0 atom stereocenters. The summed E-state index contributed by atoms with van der Waals surface area (Å²) in [5, 5.41) is 16.1. The van der Waals surface area contributed by atoms with Crippen LogP contribution in [0.1, 0.15) is 17.0 Å². The minimum absolute atomic E-state index is 0.00431. The van der Waals surface area contributed by atoms with Crippen molar-refractivity contribution < 1.29 is 18.3 Å². The zero-order chi connectivity index (χ0) is 20.4. The number of aromatic nitrogens is 2. The zero-order valence-corrected chi connectivity index (χ0v) is 17.3. The van der Waals surface area contributed by atoms with Crippen LogP contribution in [-0.2, 0) is 21.9 Å². The first kappa shape index (κ1) is 18.5. The number of carbonyl (C=O) groups is 1. The number of nitrogens with zero attached hydrogens (tertiary/aromatic N) is 3. The molecule has 0 aliphatic carbocycles. The second-order valence-electron chi connectivity index (χ2n) is 6.68. The van der Waals surface area contributed by atoms with Gasteiger partial charge in [0.2, 0.25) is 0 Å². The number of thiazole rings is 1. The largest absolute Gasteiger partial charge is 0.504 e. The smallest absolute Gasteiger partial charge is 0.278 e. The number of aliphatic hydroxyl groups excluding tert-OH is 1. The van der Waals surface area contributed by atoms with Crippen molar-refractivity contribution in [3.05, 3.63) is 46.2 Å². The van der Waals surface area contributed by atoms with E-state index in [1.54, 1.807) is 36.1 Å². The van der Waals surface area contributed by atoms with Gasteiger partial charge in [-0.1, -0.05) is 11.6 Å². The van der Waals surface area contributed by atoms with Crippen molar-refractivity contribution in [2.24, 2.45) is 7.05 Å². The van der Waals surface area contributed by atoms with Gasteiger partial charge in [0.1, 0.15) is 10.6 Å². The van der Waals surface area contributed by atoms with Gasteiger partial charge in [-0.3, -0.25) is 14.4 Å². The highest BCUT2D eigenvalue weighted by atomic mass is 32.2. The molecule has 28 heavy (non-hydrogen) atoms. The average molecular weight is 419 g/mol. The van der Waals surface area contributed by atoms with Crippen molar-refractivity contribution in [3.63, 3.8) is 0 Å². The van der Waals surface area contributed by atoms with Gasteiger partial charge in [-0.15, -0.1) is 11.3 Å². The molecule has 0 spiro atoms. The van der Waals surface area contributed by atoms with Gasteiger partial charge in [-0.25, -0.2) is 13.4 Å². The third-order valence-electron chi connectivity index (χ3n) is 4.75. The number of hydrogen-bond acceptors (Lipinski definition) is 6. The summed E-state index contributed by atoms with van der Waals surface area (Å²) >= 11 is 1.22. The Morgan fingerprint density at radius 2 is 1.96 bits per heavy atom. The number of likely N-dealkylation sites (N-methyl/N-ethyl adjacent to an activating group) is 1. The number of aryl methyl sites for hydroxylation is 3. The highest BCUT2D eigenvalue weighted by molar-refractivity contribution is 7.89. The van der Waals surface area contributed by atoms with E-state index in [2.05, 4.69) is 10.3 Å². The number of anilines is 1. The Balaban J connectivity index is 1.96. The molecule has 1 amide bonds. The van der Waals surface area contributed by atoms with Crippen molar-refractivity contribution >= 4 is 49.1 Å². The summed E-state index contributed by atoms with van der Waals surface area (Å²) in [5.41, 5.74) is 2.03. The minimum Gasteiger partial charge on any atom is -0.504 e. The first-order valence-electron chi connectivity index (χ1n) is 8.38. The van der Waals surface area contributed by atoms with E-state index in [-0.39, 0.29) is 16.3 Å². The van der Waals surface area contributed by atoms with Crippen LogP contribution in [0.3, 0.4) is 0 Å². The van der Waals surface area contributed by atoms with Gasteiger partial charge >= 0.3 is 0 Å². The molecular formula is C18H18N4O4S2. The van der Waals surface area contributed by atoms with Crippen molar-refractivity contribution in [1.29, 1.82) is 0 Å². The normalized spacial score (nSPS) is 15.8. The predicted molar refractivity (Wildman–Crippen MR) is 108 cm³/mol. The third-order valence-corrected chi connectivity index (χ3v) is 7.45. The summed E-state index contributed by atoms with van der Waals surface area (Å²) in [6.07, 6.45) is 0. The monoisotopic (exact) mass is 418 g/mol. The van der Waals surface area contributed by atoms with Gasteiger partial charge in [0, 0.05) is 30.4 Å². The topological polar surface area (TPSA) is 105 Å². The van der Waals surface area contributed by atoms with Gasteiger partial charge in [-0.05, 0) is 26.0 Å². The lowest BCUT2D eigenvalue weighted by molar-refractivity contribution is -0.113. The van der Waals surface area contributed by atoms with E-state index >= 15 is 0 Å². The van der Waals surface area contributed by atoms with Crippen LogP contribution in [-0.4, -0.2) is 40.3 Å². The number of rotatable bonds is 2. The number of hydrogen-bond donors (Lipinski definition) is 2. The van der Waals surface area contributed by atoms with E-state index in [4.69, 9.17) is 0 Å². The van der Waals surface area contributed by atoms with Crippen LogP contribution in [0.5, 0.6) is 0 Å². The molecule has 0 saturated carbocycles. The lowest BCUT2D eigenvalue weighted by atomic mass is 10.1. The van der Waals surface area contributed by atoms with Crippen molar-refractivity contribution in [2.45, 2.75) is 18.7 Å². The summed E-state index contributed by atoms with van der Waals surface area (Å²) in [4.78, 5) is 16.9. The van der Waals surface area contributed by atoms with Crippen LogP contribution in [0.4, 0.5) is 5.13 Å². The fourth-order valence-corrected chi connectivity index (χ4v) is 5.67. The van der Waals surface area contributed by atoms with Gasteiger partial charge < -0.3 is 9.67 Å². The number of sulfonamides is 1. The third kappa shape index (κ3) is 2.52. The average Bonchev–Trinajstić information content (AvgIpc) is 3.14. The maximum Gasteiger partial charge on any atom is 0.278 e. The number of carbonyl (C=O) groups excluding carboxylic acids is 1. The Morgan fingerprint density at radius 1 is 1.25 bits per heavy atom. The second-order valence-corrected chi connectivity index (χ2v) is 9.44. The van der Waals surface area contributed by atoms with E-state index < -0.39 is 21.7 Å². The first-order chi connectivity index (χ1) is 13.1. The van der Waals surface area contributed by atoms with Crippen LogP contribution in [0.2, 0.25) is 0 Å². The fourth-order valence-electron chi connectivity index (χ4n) is 3.39. The summed E-state index contributed by atoms with van der Waals surface area (Å²) in [6.45, 7) is 3.65. The maximum atomic E-state index is 13.2. The molecule has 3 heterocycles. The molecule has 1 aliphatic rings. The highest BCUT2D eigenvalue weighted by Crippen LogP contribution is 2.41. The van der Waals surface area contributed by atoms with Crippen LogP contribution in [0.15, 0.2) is 34.2 Å². The molecule has 1 aromatic carbocycles. The molecule has 0 saturated heterocycles. The summed E-state index contributed by atoms with van der Waals surface area (Å²) in [7, 11) is -1.13. The molecule has 10 heteroatoms. The summed E-state index contributed by atoms with van der Waals surface area (Å²) in [5.74, 6) is -1.14. The standard InChI is InChI=1S/C18H18N4O4S2/c1-9-5-6-12-11(7-9)16-13(21(12)3)15(23)14(22(4)28(16,25)26)17(24)20-18-19-10(2)8-27-18/h5-8,23H,1-4H3,(H,19,20,24). The van der Waals surface area contributed by atoms with E-state index in [1.165, 1.54) is 18.4 Å². The van der Waals surface area contributed by atoms with E-state index in [9.17, 15) is 18.3 Å². The van der Waals surface area contributed by atoms with Gasteiger partial charge in [0.25, 0.3) is 15.9 Å². The van der Waals surface area contributed by atoms with Crippen molar-refractivity contribution in [3.8, 4) is 0 Å². The molecule has 0 bridgehead atoms. The molecule has 1 aliphatic heterocycles. The van der Waals surface area contributed by atoms with Crippen LogP contribution in [0, 0.1) is 13.8 Å². The number of benzene rings is 1. The quantitative estimate of drug-likeness (QED) is 0.666. The molecule has 146 valence electrons. The van der Waals surface area contributed by atoms with E-state index in [1.807, 2.05) is 13.0 Å². The number of aliphatic hydroxyl groups is 1. The SMILES string of the molecule is Cc1ccc2c(c1)c1c(n2C)C(O)=C(C(=O)Nc2nc(C)cs2)N(C)S1(=O)=O. The summed E-state index contributed by atoms with van der Waals surface area (Å²) < 4.78 is 28.9. The lowest BCUT2D eigenvalue weighted by Gasteiger charge is -2.27. The Bertz CT molecular complexity index is 1280. The number of fused-ring (bicyclic) bond motifs is 3. The Kier molecular flexibility index (Phi) is 4.02. The van der Waals surface area contributed by atoms with Gasteiger partial charge in [0.15, 0.2) is 16.6 Å². The Morgan fingerprint density at radius 3 is 2.61 bits per heavy atom. The van der Waals surface area contributed by atoms with Crippen molar-refractivity contribution in [1.82, 2.24) is 13.9 Å². The summed E-state index contributed by atoms with van der Waals surface area (Å²) in [6, 6.07) is 5.42. The molecule has 8 nitrogen and oxygen atoms in total. The lowest BCUT2D eigenvalue weighted by Crippen LogP contribution is -2.37. The van der Waals surface area contributed by atoms with E-state index in [0.29, 0.717) is 16.0 Å². The molecule has 0 fully saturated rings. The Hall–Kier alpha value is -2.85. The fraction of sp³-hybridized carbons (Fsp3) is 0.222. The van der Waals surface area contributed by atoms with Crippen molar-refractivity contribution in [2.75, 3.05) is 12.4 Å². The van der Waals surface area contributed by atoms with E-state index in [0.717, 1.165) is 15.6 Å². The van der Waals surface area contributed by atoms with Gasteiger partial charge in [-0.2, -0.15) is 0 Å². The molecular weight excluding hydrogens is 400 g/mol. The number of amides is 1.